The maximum atomic E-state index is 12.5. The third-order valence-electron chi connectivity index (χ3n) is 4.24. The molecule has 2 heterocycles. The lowest BCUT2D eigenvalue weighted by Gasteiger charge is -2.21. The van der Waals surface area contributed by atoms with E-state index in [2.05, 4.69) is 17.2 Å². The molecular formula is C18H26N4O2. The van der Waals surface area contributed by atoms with Crippen molar-refractivity contribution in [1.82, 2.24) is 15.2 Å². The van der Waals surface area contributed by atoms with Gasteiger partial charge in [-0.25, -0.2) is 4.79 Å². The number of nitrogens with zero attached hydrogens (tertiary/aromatic N) is 2. The van der Waals surface area contributed by atoms with Crippen molar-refractivity contribution in [3.63, 3.8) is 0 Å². The van der Waals surface area contributed by atoms with Crippen LogP contribution in [0.25, 0.3) is 5.70 Å². The quantitative estimate of drug-likeness (QED) is 0.812. The SMILES string of the molecule is CCCc1nc(C)ccc1/C(NC(=O)N1CCCC1)=C(\C)C(N)=O. The van der Waals surface area contributed by atoms with Gasteiger partial charge >= 0.3 is 6.03 Å². The predicted octanol–water partition coefficient (Wildman–Crippen LogP) is 2.36. The van der Waals surface area contributed by atoms with E-state index in [-0.39, 0.29) is 6.03 Å². The Balaban J connectivity index is 2.42. The Hall–Kier alpha value is -2.37. The molecule has 0 unspecified atom stereocenters. The molecule has 6 nitrogen and oxygen atoms in total. The lowest BCUT2D eigenvalue weighted by Crippen LogP contribution is -2.38. The number of aryl methyl sites for hydroxylation is 2. The lowest BCUT2D eigenvalue weighted by molar-refractivity contribution is -0.114. The van der Waals surface area contributed by atoms with Gasteiger partial charge in [0.1, 0.15) is 0 Å². The van der Waals surface area contributed by atoms with Crippen LogP contribution in [0, 0.1) is 6.92 Å². The summed E-state index contributed by atoms with van der Waals surface area (Å²) in [6.45, 7) is 7.11. The van der Waals surface area contributed by atoms with E-state index in [1.807, 2.05) is 19.1 Å². The first kappa shape index (κ1) is 18.0. The van der Waals surface area contributed by atoms with Crippen molar-refractivity contribution in [2.24, 2.45) is 5.73 Å². The average Bonchev–Trinajstić information content (AvgIpc) is 3.07. The van der Waals surface area contributed by atoms with Crippen molar-refractivity contribution in [2.75, 3.05) is 13.1 Å². The van der Waals surface area contributed by atoms with E-state index in [0.29, 0.717) is 11.3 Å². The Morgan fingerprint density at radius 3 is 2.54 bits per heavy atom. The number of nitrogens with one attached hydrogen (secondary N) is 1. The largest absolute Gasteiger partial charge is 0.366 e. The molecule has 24 heavy (non-hydrogen) atoms. The molecule has 3 amide bonds. The third kappa shape index (κ3) is 4.13. The van der Waals surface area contributed by atoms with Gasteiger partial charge in [0.05, 0.1) is 5.70 Å². The Morgan fingerprint density at radius 1 is 1.29 bits per heavy atom. The highest BCUT2D eigenvalue weighted by molar-refractivity contribution is 6.02. The molecule has 1 aromatic rings. The summed E-state index contributed by atoms with van der Waals surface area (Å²) in [4.78, 5) is 30.6. The zero-order chi connectivity index (χ0) is 17.7. The standard InChI is InChI=1S/C18H26N4O2/c1-4-7-15-14(9-8-12(2)20-15)16(13(3)17(19)23)21-18(24)22-10-5-6-11-22/h8-9H,4-7,10-11H2,1-3H3,(H2,19,23)(H,21,24)/b16-13-. The topological polar surface area (TPSA) is 88.3 Å². The predicted molar refractivity (Wildman–Crippen MR) is 94.1 cm³/mol. The molecule has 1 fully saturated rings. The molecule has 0 aliphatic carbocycles. The number of likely N-dealkylation sites (tertiary alicyclic amines) is 1. The van der Waals surface area contributed by atoms with Crippen molar-refractivity contribution >= 4 is 17.6 Å². The molecule has 0 saturated carbocycles. The van der Waals surface area contributed by atoms with Crippen molar-refractivity contribution in [3.8, 4) is 0 Å². The first-order valence-corrected chi connectivity index (χ1v) is 8.47. The number of pyridine rings is 1. The summed E-state index contributed by atoms with van der Waals surface area (Å²) in [5.74, 6) is -0.547. The van der Waals surface area contributed by atoms with Gasteiger partial charge in [0.25, 0.3) is 0 Å². The lowest BCUT2D eigenvalue weighted by atomic mass is 10.0. The number of rotatable bonds is 5. The number of carbonyl (C=O) groups is 2. The maximum absolute atomic E-state index is 12.5. The van der Waals surface area contributed by atoms with E-state index in [0.717, 1.165) is 55.7 Å². The number of hydrogen-bond acceptors (Lipinski definition) is 3. The van der Waals surface area contributed by atoms with Crippen LogP contribution in [0.15, 0.2) is 17.7 Å². The molecule has 0 spiro atoms. The summed E-state index contributed by atoms with van der Waals surface area (Å²) in [7, 11) is 0. The summed E-state index contributed by atoms with van der Waals surface area (Å²) in [5, 5.41) is 2.90. The highest BCUT2D eigenvalue weighted by Gasteiger charge is 2.22. The molecule has 1 saturated heterocycles. The van der Waals surface area contributed by atoms with Gasteiger partial charge in [-0.15, -0.1) is 0 Å². The van der Waals surface area contributed by atoms with Crippen molar-refractivity contribution < 1.29 is 9.59 Å². The second-order valence-electron chi connectivity index (χ2n) is 6.19. The number of primary amides is 1. The van der Waals surface area contributed by atoms with Crippen LogP contribution < -0.4 is 11.1 Å². The van der Waals surface area contributed by atoms with Crippen molar-refractivity contribution in [1.29, 1.82) is 0 Å². The molecule has 1 aliphatic rings. The van der Waals surface area contributed by atoms with Crippen LogP contribution in [0.1, 0.15) is 50.1 Å². The number of aromatic nitrogens is 1. The van der Waals surface area contributed by atoms with Gasteiger partial charge in [-0.05, 0) is 45.2 Å². The van der Waals surface area contributed by atoms with E-state index in [1.54, 1.807) is 11.8 Å². The second-order valence-corrected chi connectivity index (χ2v) is 6.19. The first-order valence-electron chi connectivity index (χ1n) is 8.47. The summed E-state index contributed by atoms with van der Waals surface area (Å²) in [5.41, 5.74) is 8.83. The summed E-state index contributed by atoms with van der Waals surface area (Å²) in [6, 6.07) is 3.59. The normalized spacial score (nSPS) is 15.2. The Bertz CT molecular complexity index is 661. The van der Waals surface area contributed by atoms with Gasteiger partial charge in [-0.1, -0.05) is 13.3 Å². The van der Waals surface area contributed by atoms with Crippen LogP contribution in [0.4, 0.5) is 4.79 Å². The van der Waals surface area contributed by atoms with Crippen molar-refractivity contribution in [2.45, 2.75) is 46.5 Å². The fraction of sp³-hybridized carbons (Fsp3) is 0.500. The number of urea groups is 1. The van der Waals surface area contributed by atoms with Gasteiger partial charge in [0, 0.05) is 35.6 Å². The zero-order valence-electron chi connectivity index (χ0n) is 14.7. The van der Waals surface area contributed by atoms with Gasteiger partial charge in [0.2, 0.25) is 5.91 Å². The minimum absolute atomic E-state index is 0.189. The molecule has 0 radical (unpaired) electrons. The summed E-state index contributed by atoms with van der Waals surface area (Å²) in [6.07, 6.45) is 3.71. The highest BCUT2D eigenvalue weighted by atomic mass is 16.2. The van der Waals surface area contributed by atoms with E-state index in [9.17, 15) is 9.59 Å². The first-order chi connectivity index (χ1) is 11.4. The maximum Gasteiger partial charge on any atom is 0.321 e. The molecule has 1 aliphatic heterocycles. The van der Waals surface area contributed by atoms with Crippen LogP contribution in [-0.4, -0.2) is 34.9 Å². The fourth-order valence-corrected chi connectivity index (χ4v) is 2.86. The molecule has 0 bridgehead atoms. The van der Waals surface area contributed by atoms with Crippen LogP contribution in [-0.2, 0) is 11.2 Å². The molecule has 0 atom stereocenters. The molecular weight excluding hydrogens is 304 g/mol. The van der Waals surface area contributed by atoms with Crippen molar-refractivity contribution in [3.05, 3.63) is 34.7 Å². The highest BCUT2D eigenvalue weighted by Crippen LogP contribution is 2.22. The van der Waals surface area contributed by atoms with E-state index in [1.165, 1.54) is 0 Å². The minimum Gasteiger partial charge on any atom is -0.366 e. The van der Waals surface area contributed by atoms with Crippen LogP contribution in [0.2, 0.25) is 0 Å². The number of hydrogen-bond donors (Lipinski definition) is 2. The van der Waals surface area contributed by atoms with Gasteiger partial charge < -0.3 is 16.0 Å². The molecule has 6 heteroatoms. The van der Waals surface area contributed by atoms with Gasteiger partial charge in [-0.3, -0.25) is 9.78 Å². The average molecular weight is 330 g/mol. The number of carbonyl (C=O) groups excluding carboxylic acids is 2. The van der Waals surface area contributed by atoms with E-state index >= 15 is 0 Å². The number of amides is 3. The van der Waals surface area contributed by atoms with Crippen LogP contribution >= 0.6 is 0 Å². The zero-order valence-corrected chi connectivity index (χ0v) is 14.7. The molecule has 1 aromatic heterocycles. The molecule has 130 valence electrons. The molecule has 0 aromatic carbocycles. The van der Waals surface area contributed by atoms with E-state index < -0.39 is 5.91 Å². The van der Waals surface area contributed by atoms with Gasteiger partial charge in [-0.2, -0.15) is 0 Å². The monoisotopic (exact) mass is 330 g/mol. The molecule has 3 N–H and O–H groups in total. The fourth-order valence-electron chi connectivity index (χ4n) is 2.86. The molecule has 2 rings (SSSR count). The van der Waals surface area contributed by atoms with E-state index in [4.69, 9.17) is 5.73 Å². The third-order valence-corrected chi connectivity index (χ3v) is 4.24. The van der Waals surface area contributed by atoms with Gasteiger partial charge in [0.15, 0.2) is 0 Å². The Labute approximate surface area is 143 Å². The minimum atomic E-state index is -0.547. The number of nitrogens with two attached hydrogens (primary N) is 1. The smallest absolute Gasteiger partial charge is 0.321 e. The van der Waals surface area contributed by atoms with Crippen LogP contribution in [0.3, 0.4) is 0 Å². The summed E-state index contributed by atoms with van der Waals surface area (Å²) < 4.78 is 0. The van der Waals surface area contributed by atoms with Crippen LogP contribution in [0.5, 0.6) is 0 Å². The Kier molecular flexibility index (Phi) is 5.95. The second kappa shape index (κ2) is 7.95. The Morgan fingerprint density at radius 2 is 1.96 bits per heavy atom. The summed E-state index contributed by atoms with van der Waals surface area (Å²) >= 11 is 0.